The molecule has 0 bridgehead atoms. The molecule has 6 heterocycles. The fraction of sp³-hybridized carbons (Fsp3) is 0.263. The molecular formula is C38H43BN12O2S4. The summed E-state index contributed by atoms with van der Waals surface area (Å²) in [6.45, 7) is 4.25. The van der Waals surface area contributed by atoms with E-state index in [1.54, 1.807) is 41.5 Å². The molecule has 2 aromatic carbocycles. The molecule has 0 spiro atoms. The Morgan fingerprint density at radius 3 is 1.68 bits per heavy atom. The van der Waals surface area contributed by atoms with Crippen LogP contribution < -0.4 is 10.6 Å². The highest BCUT2D eigenvalue weighted by Gasteiger charge is 2.33. The maximum absolute atomic E-state index is 8.25. The van der Waals surface area contributed by atoms with Crippen LogP contribution in [0.2, 0.25) is 5.82 Å². The van der Waals surface area contributed by atoms with Crippen molar-refractivity contribution in [2.45, 2.75) is 63.5 Å². The molecule has 0 radical (unpaired) electrons. The Kier molecular flexibility index (Phi) is 13.9. The van der Waals surface area contributed by atoms with Gasteiger partial charge in [-0.15, -0.1) is 27.8 Å². The lowest BCUT2D eigenvalue weighted by molar-refractivity contribution is 0.403. The number of anilines is 2. The molecule has 2 atom stereocenters. The van der Waals surface area contributed by atoms with E-state index in [2.05, 4.69) is 113 Å². The lowest BCUT2D eigenvalue weighted by Crippen LogP contribution is -2.09. The van der Waals surface area contributed by atoms with Crippen molar-refractivity contribution >= 4 is 88.9 Å². The average molecular weight is 839 g/mol. The smallest absolute Gasteiger partial charge is 0.427 e. The van der Waals surface area contributed by atoms with E-state index in [9.17, 15) is 0 Å². The molecule has 2 aliphatic carbocycles. The molecule has 10 rings (SSSR count). The topological polar surface area (TPSA) is 188 Å². The summed E-state index contributed by atoms with van der Waals surface area (Å²) in [5, 5.41) is 48.7. The van der Waals surface area contributed by atoms with Crippen molar-refractivity contribution in [1.82, 2.24) is 50.3 Å². The quantitative estimate of drug-likeness (QED) is 0.0838. The molecule has 2 aliphatic rings. The molecule has 19 heteroatoms. The molecule has 0 amide bonds. The third-order valence-electron chi connectivity index (χ3n) is 9.53. The van der Waals surface area contributed by atoms with Crippen LogP contribution in [-0.4, -0.2) is 67.5 Å². The summed E-state index contributed by atoms with van der Waals surface area (Å²) in [4.78, 5) is 19.3. The number of aromatic nitrogens is 10. The van der Waals surface area contributed by atoms with Crippen LogP contribution in [0.5, 0.6) is 0 Å². The second kappa shape index (κ2) is 19.0. The molecule has 8 aromatic rings. The zero-order chi connectivity index (χ0) is 37.7. The van der Waals surface area contributed by atoms with Crippen LogP contribution in [0.15, 0.2) is 96.5 Å². The number of thiophene rings is 2. The molecule has 6 aromatic heterocycles. The minimum absolute atomic E-state index is 0. The number of hydrogen-bond donors (Lipinski definition) is 5. The van der Waals surface area contributed by atoms with Gasteiger partial charge in [0.05, 0.1) is 29.2 Å². The van der Waals surface area contributed by atoms with E-state index in [1.807, 2.05) is 39.8 Å². The predicted molar refractivity (Wildman–Crippen MR) is 238 cm³/mol. The fourth-order valence-corrected chi connectivity index (χ4v) is 7.40. The molecule has 14 nitrogen and oxygen atoms in total. The highest BCUT2D eigenvalue weighted by molar-refractivity contribution is 7.59. The van der Waals surface area contributed by atoms with Crippen LogP contribution in [0, 0.1) is 0 Å². The Labute approximate surface area is 351 Å². The number of fused-ring (bicyclic) bond motifs is 2. The Hall–Kier alpha value is -4.92. The van der Waals surface area contributed by atoms with Crippen molar-refractivity contribution < 1.29 is 10.0 Å². The second-order valence-corrected chi connectivity index (χ2v) is 15.4. The van der Waals surface area contributed by atoms with E-state index >= 15 is 0 Å². The Balaban J connectivity index is 0.000000164. The first-order chi connectivity index (χ1) is 26.9. The molecule has 0 unspecified atom stereocenters. The first-order valence-electron chi connectivity index (χ1n) is 18.1. The number of rotatable bonds is 10. The van der Waals surface area contributed by atoms with Crippen molar-refractivity contribution in [1.29, 1.82) is 0 Å². The van der Waals surface area contributed by atoms with Gasteiger partial charge in [0.15, 0.2) is 0 Å². The normalized spacial score (nSPS) is 14.2. The number of benzene rings is 2. The number of nitrogens with one attached hydrogen (secondary N) is 3. The summed E-state index contributed by atoms with van der Waals surface area (Å²) >= 11 is 3.24. The number of H-pyrrole nitrogens is 1. The first kappa shape index (κ1) is 41.7. The van der Waals surface area contributed by atoms with E-state index in [0.717, 1.165) is 67.4 Å². The van der Waals surface area contributed by atoms with Gasteiger partial charge in [0, 0.05) is 23.2 Å². The van der Waals surface area contributed by atoms with E-state index < -0.39 is 7.12 Å². The monoisotopic (exact) mass is 838 g/mol. The molecule has 5 N–H and O–H groups in total. The maximum Gasteiger partial charge on any atom is 0.454 e. The predicted octanol–water partition coefficient (Wildman–Crippen LogP) is 7.96. The van der Waals surface area contributed by atoms with Crippen LogP contribution in [-0.2, 0) is 0 Å². The third-order valence-corrected chi connectivity index (χ3v) is 11.2. The number of nitrogens with zero attached hydrogens (tertiary/aromatic N) is 9. The lowest BCUT2D eigenvalue weighted by atomic mass is 9.84. The lowest BCUT2D eigenvalue weighted by Gasteiger charge is -2.15. The Morgan fingerprint density at radius 1 is 0.719 bits per heavy atom. The maximum atomic E-state index is 8.25. The molecule has 0 aliphatic heterocycles. The summed E-state index contributed by atoms with van der Waals surface area (Å²) in [6, 6.07) is 21.7. The summed E-state index contributed by atoms with van der Waals surface area (Å²) in [7, 11) is -1.04. The Morgan fingerprint density at radius 2 is 1.25 bits per heavy atom. The van der Waals surface area contributed by atoms with E-state index in [0.29, 0.717) is 6.04 Å². The minimum atomic E-state index is -1.04. The molecule has 57 heavy (non-hydrogen) atoms. The van der Waals surface area contributed by atoms with Crippen LogP contribution in [0.1, 0.15) is 68.8 Å². The minimum Gasteiger partial charge on any atom is -0.427 e. The van der Waals surface area contributed by atoms with Gasteiger partial charge in [-0.1, -0.05) is 66.6 Å². The molecule has 294 valence electrons. The summed E-state index contributed by atoms with van der Waals surface area (Å²) in [5.41, 5.74) is 6.28. The summed E-state index contributed by atoms with van der Waals surface area (Å²) < 4.78 is 1.98. The van der Waals surface area contributed by atoms with Gasteiger partial charge in [0.25, 0.3) is 0 Å². The van der Waals surface area contributed by atoms with Crippen molar-refractivity contribution in [3.8, 4) is 22.5 Å². The zero-order valence-electron chi connectivity index (χ0n) is 31.2. The van der Waals surface area contributed by atoms with Crippen LogP contribution in [0.3, 0.4) is 0 Å². The van der Waals surface area contributed by atoms with Gasteiger partial charge < -0.3 is 20.7 Å². The second-order valence-electron chi connectivity index (χ2n) is 13.6. The van der Waals surface area contributed by atoms with Crippen molar-refractivity contribution in [2.75, 3.05) is 10.6 Å². The highest BCUT2D eigenvalue weighted by atomic mass is 32.1. The van der Waals surface area contributed by atoms with Gasteiger partial charge in [-0.3, -0.25) is 0 Å². The van der Waals surface area contributed by atoms with Gasteiger partial charge in [-0.25, -0.2) is 24.6 Å². The van der Waals surface area contributed by atoms with Crippen LogP contribution in [0.4, 0.5) is 11.6 Å². The third kappa shape index (κ3) is 10.3. The Bertz CT molecular complexity index is 2450. The van der Waals surface area contributed by atoms with Crippen LogP contribution in [0.25, 0.3) is 42.9 Å². The van der Waals surface area contributed by atoms with Gasteiger partial charge in [-0.05, 0) is 66.5 Å². The van der Waals surface area contributed by atoms with Gasteiger partial charge in [0.1, 0.15) is 45.3 Å². The SMILES string of the molecule is C[C@H](Nc1ncnc2sccc12)c1ccc(-c2cn(C3CC3)nn2)cc1.C[C@H](Nc1ncnc2sccc12)c1ccc(-c2cn[nH]n2)cc1.OB(O)C1CC1.S.S. The molecule has 2 fully saturated rings. The van der Waals surface area contributed by atoms with Gasteiger partial charge >= 0.3 is 7.12 Å². The van der Waals surface area contributed by atoms with Crippen molar-refractivity contribution in [3.63, 3.8) is 0 Å². The van der Waals surface area contributed by atoms with Gasteiger partial charge in [-0.2, -0.15) is 42.4 Å². The zero-order valence-corrected chi connectivity index (χ0v) is 34.8. The summed E-state index contributed by atoms with van der Waals surface area (Å²) in [6.07, 6.45) is 11.4. The first-order valence-corrected chi connectivity index (χ1v) is 19.9. The molecule has 0 saturated heterocycles. The van der Waals surface area contributed by atoms with Crippen molar-refractivity contribution in [3.05, 3.63) is 108 Å². The van der Waals surface area contributed by atoms with Gasteiger partial charge in [0.2, 0.25) is 0 Å². The van der Waals surface area contributed by atoms with Crippen LogP contribution >= 0.6 is 49.7 Å². The summed E-state index contributed by atoms with van der Waals surface area (Å²) in [5.74, 6) is 1.95. The molecule has 2 saturated carbocycles. The van der Waals surface area contributed by atoms with E-state index in [4.69, 9.17) is 10.0 Å². The largest absolute Gasteiger partial charge is 0.454 e. The fourth-order valence-electron chi connectivity index (χ4n) is 5.93. The standard InChI is InChI=1S/C19H18N6S.C16H14N6S.C3H7BO2.2H2S/c1-12(22-18-16-8-9-26-19(16)21-11-20-18)13-2-4-14(5-3-13)17-10-25(24-23-17)15-6-7-15;1-10(20-15-13-6-7-23-16(13)18-9-17-15)11-2-4-12(5-3-11)14-8-19-22-21-14;5-4(6)3-1-2-3;;/h2-5,8-12,15H,6-7H2,1H3,(H,20,21,22);2-10H,1H3,(H,17,18,20)(H,19,21,22);3,5-6H,1-2H2;2*1H2/t12-;10-;;;/m00.../s1. The molecular weight excluding hydrogens is 796 g/mol. The van der Waals surface area contributed by atoms with E-state index in [-0.39, 0.29) is 44.9 Å². The highest BCUT2D eigenvalue weighted by Crippen LogP contribution is 2.37. The average Bonchev–Trinajstić information content (AvgIpc) is 3.93. The van der Waals surface area contributed by atoms with Crippen molar-refractivity contribution in [2.24, 2.45) is 0 Å². The number of hydrogen-bond acceptors (Lipinski definition) is 14. The van der Waals surface area contributed by atoms with E-state index in [1.165, 1.54) is 24.0 Å². The number of aromatic amines is 1.